The third kappa shape index (κ3) is 2.80. The predicted octanol–water partition coefficient (Wildman–Crippen LogP) is 4.34. The maximum absolute atomic E-state index is 9.08. The molecule has 3 unspecified atom stereocenters. The van der Waals surface area contributed by atoms with Crippen molar-refractivity contribution >= 4 is 23.2 Å². The molecule has 0 bridgehead atoms. The first-order valence-electron chi connectivity index (χ1n) is 6.23. The van der Waals surface area contributed by atoms with Crippen LogP contribution in [0.25, 0.3) is 0 Å². The highest BCUT2D eigenvalue weighted by Crippen LogP contribution is 2.32. The fourth-order valence-electron chi connectivity index (χ4n) is 2.58. The minimum Gasteiger partial charge on any atom is -0.306 e. The van der Waals surface area contributed by atoms with Gasteiger partial charge in [-0.3, -0.25) is 0 Å². The van der Waals surface area contributed by atoms with Crippen LogP contribution in [0.2, 0.25) is 10.0 Å². The van der Waals surface area contributed by atoms with Gasteiger partial charge in [-0.05, 0) is 31.4 Å². The van der Waals surface area contributed by atoms with Crippen molar-refractivity contribution < 1.29 is 0 Å². The fraction of sp³-hybridized carbons (Fsp3) is 0.500. The maximum atomic E-state index is 9.08. The SMILES string of the molecule is CC(NC1CCCC1C#N)c1cccc(Cl)c1Cl. The van der Waals surface area contributed by atoms with Gasteiger partial charge in [-0.1, -0.05) is 41.8 Å². The van der Waals surface area contributed by atoms with Gasteiger partial charge >= 0.3 is 0 Å². The molecule has 1 aliphatic carbocycles. The van der Waals surface area contributed by atoms with Gasteiger partial charge in [0.25, 0.3) is 0 Å². The van der Waals surface area contributed by atoms with Crippen LogP contribution in [0.1, 0.15) is 37.8 Å². The fourth-order valence-corrected chi connectivity index (χ4v) is 3.05. The molecule has 96 valence electrons. The van der Waals surface area contributed by atoms with Crippen LogP contribution in [0, 0.1) is 17.2 Å². The largest absolute Gasteiger partial charge is 0.306 e. The topological polar surface area (TPSA) is 35.8 Å². The summed E-state index contributed by atoms with van der Waals surface area (Å²) < 4.78 is 0. The number of nitriles is 1. The zero-order chi connectivity index (χ0) is 13.1. The second-order valence-corrected chi connectivity index (χ2v) is 5.59. The van der Waals surface area contributed by atoms with Crippen molar-refractivity contribution in [3.8, 4) is 6.07 Å². The Morgan fingerprint density at radius 2 is 2.17 bits per heavy atom. The van der Waals surface area contributed by atoms with Gasteiger partial charge in [-0.2, -0.15) is 5.26 Å². The van der Waals surface area contributed by atoms with E-state index in [1.807, 2.05) is 12.1 Å². The summed E-state index contributed by atoms with van der Waals surface area (Å²) in [5, 5.41) is 13.8. The van der Waals surface area contributed by atoms with E-state index in [1.165, 1.54) is 0 Å². The van der Waals surface area contributed by atoms with Crippen molar-refractivity contribution in [2.75, 3.05) is 0 Å². The number of nitrogens with zero attached hydrogens (tertiary/aromatic N) is 1. The Morgan fingerprint density at radius 1 is 1.39 bits per heavy atom. The second-order valence-electron chi connectivity index (χ2n) is 4.80. The first kappa shape index (κ1) is 13.7. The van der Waals surface area contributed by atoms with Gasteiger partial charge in [0, 0.05) is 12.1 Å². The van der Waals surface area contributed by atoms with Crippen molar-refractivity contribution in [2.45, 2.75) is 38.3 Å². The normalized spacial score (nSPS) is 24.8. The van der Waals surface area contributed by atoms with Gasteiger partial charge in [0.2, 0.25) is 0 Å². The standard InChI is InChI=1S/C14H16Cl2N2/c1-9(11-5-3-6-12(15)14(11)16)18-13-7-2-4-10(13)8-17/h3,5-6,9-10,13,18H,2,4,7H2,1H3. The van der Waals surface area contributed by atoms with Crippen molar-refractivity contribution in [3.63, 3.8) is 0 Å². The molecule has 2 rings (SSSR count). The van der Waals surface area contributed by atoms with Gasteiger partial charge in [0.15, 0.2) is 0 Å². The molecule has 0 aliphatic heterocycles. The highest BCUT2D eigenvalue weighted by molar-refractivity contribution is 6.42. The predicted molar refractivity (Wildman–Crippen MR) is 74.8 cm³/mol. The van der Waals surface area contributed by atoms with Crippen LogP contribution in [-0.4, -0.2) is 6.04 Å². The molecule has 1 aromatic carbocycles. The van der Waals surface area contributed by atoms with E-state index >= 15 is 0 Å². The lowest BCUT2D eigenvalue weighted by molar-refractivity contribution is 0.417. The molecule has 0 heterocycles. The first-order valence-corrected chi connectivity index (χ1v) is 6.98. The molecule has 2 nitrogen and oxygen atoms in total. The van der Waals surface area contributed by atoms with Crippen LogP contribution in [0.5, 0.6) is 0 Å². The van der Waals surface area contributed by atoms with Crippen LogP contribution in [0.3, 0.4) is 0 Å². The minimum atomic E-state index is 0.107. The molecule has 0 saturated heterocycles. The van der Waals surface area contributed by atoms with Crippen LogP contribution in [0.15, 0.2) is 18.2 Å². The molecular weight excluding hydrogens is 267 g/mol. The van der Waals surface area contributed by atoms with E-state index in [0.717, 1.165) is 24.8 Å². The molecule has 1 fully saturated rings. The highest BCUT2D eigenvalue weighted by Gasteiger charge is 2.28. The highest BCUT2D eigenvalue weighted by atomic mass is 35.5. The first-order chi connectivity index (χ1) is 8.63. The van der Waals surface area contributed by atoms with Gasteiger partial charge in [0.05, 0.1) is 22.0 Å². The molecule has 1 saturated carbocycles. The van der Waals surface area contributed by atoms with Crippen molar-refractivity contribution in [2.24, 2.45) is 5.92 Å². The van der Waals surface area contributed by atoms with Gasteiger partial charge in [-0.15, -0.1) is 0 Å². The lowest BCUT2D eigenvalue weighted by Crippen LogP contribution is -2.34. The molecule has 0 aromatic heterocycles. The van der Waals surface area contributed by atoms with E-state index in [1.54, 1.807) is 6.07 Å². The second kappa shape index (κ2) is 5.93. The zero-order valence-electron chi connectivity index (χ0n) is 10.3. The summed E-state index contributed by atoms with van der Waals surface area (Å²) in [6, 6.07) is 8.41. The summed E-state index contributed by atoms with van der Waals surface area (Å²) in [6.45, 7) is 2.06. The number of benzene rings is 1. The molecule has 1 N–H and O–H groups in total. The van der Waals surface area contributed by atoms with Gasteiger partial charge in [0.1, 0.15) is 0 Å². The Hall–Kier alpha value is -0.750. The summed E-state index contributed by atoms with van der Waals surface area (Å²) in [5.74, 6) is 0.116. The van der Waals surface area contributed by atoms with Crippen LogP contribution >= 0.6 is 23.2 Å². The third-order valence-electron chi connectivity index (χ3n) is 3.59. The quantitative estimate of drug-likeness (QED) is 0.895. The molecule has 1 aliphatic rings. The molecular formula is C14H16Cl2N2. The van der Waals surface area contributed by atoms with Gasteiger partial charge < -0.3 is 5.32 Å². The number of hydrogen-bond acceptors (Lipinski definition) is 2. The zero-order valence-corrected chi connectivity index (χ0v) is 11.8. The summed E-state index contributed by atoms with van der Waals surface area (Å²) in [4.78, 5) is 0. The molecule has 4 heteroatoms. The average molecular weight is 283 g/mol. The van der Waals surface area contributed by atoms with Crippen molar-refractivity contribution in [1.82, 2.24) is 5.32 Å². The summed E-state index contributed by atoms with van der Waals surface area (Å²) in [6.07, 6.45) is 3.16. The Morgan fingerprint density at radius 3 is 2.89 bits per heavy atom. The van der Waals surface area contributed by atoms with E-state index in [-0.39, 0.29) is 18.0 Å². The lowest BCUT2D eigenvalue weighted by atomic mass is 10.0. The lowest BCUT2D eigenvalue weighted by Gasteiger charge is -2.22. The van der Waals surface area contributed by atoms with Crippen molar-refractivity contribution in [3.05, 3.63) is 33.8 Å². The van der Waals surface area contributed by atoms with Gasteiger partial charge in [-0.25, -0.2) is 0 Å². The third-order valence-corrected chi connectivity index (χ3v) is 4.43. The summed E-state index contributed by atoms with van der Waals surface area (Å²) in [5.41, 5.74) is 0.993. The minimum absolute atomic E-state index is 0.107. The molecule has 0 spiro atoms. The van der Waals surface area contributed by atoms with E-state index in [9.17, 15) is 0 Å². The summed E-state index contributed by atoms with van der Waals surface area (Å²) >= 11 is 12.2. The van der Waals surface area contributed by atoms with Crippen LogP contribution in [-0.2, 0) is 0 Å². The van der Waals surface area contributed by atoms with E-state index < -0.39 is 0 Å². The molecule has 0 amide bonds. The van der Waals surface area contributed by atoms with Crippen LogP contribution in [0.4, 0.5) is 0 Å². The smallest absolute Gasteiger partial charge is 0.0672 e. The number of rotatable bonds is 3. The molecule has 3 atom stereocenters. The average Bonchev–Trinajstić information content (AvgIpc) is 2.79. The number of halogens is 2. The molecule has 0 radical (unpaired) electrons. The Kier molecular flexibility index (Phi) is 4.50. The monoisotopic (exact) mass is 282 g/mol. The van der Waals surface area contributed by atoms with E-state index in [2.05, 4.69) is 18.3 Å². The number of nitrogens with one attached hydrogen (secondary N) is 1. The summed E-state index contributed by atoms with van der Waals surface area (Å²) in [7, 11) is 0. The Bertz CT molecular complexity index is 467. The molecule has 18 heavy (non-hydrogen) atoms. The van der Waals surface area contributed by atoms with E-state index in [0.29, 0.717) is 10.0 Å². The number of hydrogen-bond donors (Lipinski definition) is 1. The van der Waals surface area contributed by atoms with E-state index in [4.69, 9.17) is 28.5 Å². The Labute approximate surface area is 118 Å². The Balaban J connectivity index is 2.10. The van der Waals surface area contributed by atoms with Crippen LogP contribution < -0.4 is 5.32 Å². The maximum Gasteiger partial charge on any atom is 0.0672 e. The molecule has 1 aromatic rings. The van der Waals surface area contributed by atoms with Crippen molar-refractivity contribution in [1.29, 1.82) is 5.26 Å².